The SMILES string of the molecule is COc1csc(C(=O)N(C)c2ccc(Br)cc2N)c1. The van der Waals surface area contributed by atoms with E-state index in [-0.39, 0.29) is 5.91 Å². The number of nitrogen functional groups attached to an aromatic ring is 1. The monoisotopic (exact) mass is 340 g/mol. The highest BCUT2D eigenvalue weighted by Gasteiger charge is 2.17. The molecule has 0 aliphatic carbocycles. The Labute approximate surface area is 123 Å². The first kappa shape index (κ1) is 13.9. The number of hydrogen-bond donors (Lipinski definition) is 1. The Bertz CT molecular complexity index is 612. The van der Waals surface area contributed by atoms with Crippen LogP contribution < -0.4 is 15.4 Å². The van der Waals surface area contributed by atoms with Crippen molar-refractivity contribution < 1.29 is 9.53 Å². The molecule has 2 N–H and O–H groups in total. The van der Waals surface area contributed by atoms with Crippen LogP contribution in [0.1, 0.15) is 9.67 Å². The third kappa shape index (κ3) is 2.90. The molecular formula is C13H13BrN2O2S. The summed E-state index contributed by atoms with van der Waals surface area (Å²) in [7, 11) is 3.28. The minimum Gasteiger partial charge on any atom is -0.496 e. The topological polar surface area (TPSA) is 55.6 Å². The summed E-state index contributed by atoms with van der Waals surface area (Å²) < 4.78 is 5.96. The van der Waals surface area contributed by atoms with Gasteiger partial charge in [-0.25, -0.2) is 0 Å². The fraction of sp³-hybridized carbons (Fsp3) is 0.154. The zero-order chi connectivity index (χ0) is 14.0. The molecule has 0 saturated heterocycles. The molecule has 0 spiro atoms. The lowest BCUT2D eigenvalue weighted by Gasteiger charge is -2.18. The van der Waals surface area contributed by atoms with Crippen molar-refractivity contribution in [2.75, 3.05) is 24.8 Å². The second-order valence-corrected chi connectivity index (χ2v) is 5.74. The van der Waals surface area contributed by atoms with Crippen molar-refractivity contribution in [1.29, 1.82) is 0 Å². The summed E-state index contributed by atoms with van der Waals surface area (Å²) in [6.45, 7) is 0. The van der Waals surface area contributed by atoms with Gasteiger partial charge in [0.15, 0.2) is 0 Å². The van der Waals surface area contributed by atoms with Crippen molar-refractivity contribution in [3.8, 4) is 5.75 Å². The van der Waals surface area contributed by atoms with Crippen LogP contribution in [0.5, 0.6) is 5.75 Å². The number of nitrogens with two attached hydrogens (primary N) is 1. The smallest absolute Gasteiger partial charge is 0.268 e. The lowest BCUT2D eigenvalue weighted by Crippen LogP contribution is -2.26. The molecule has 0 atom stereocenters. The van der Waals surface area contributed by atoms with Gasteiger partial charge in [0.2, 0.25) is 0 Å². The van der Waals surface area contributed by atoms with E-state index in [0.717, 1.165) is 4.47 Å². The van der Waals surface area contributed by atoms with Gasteiger partial charge >= 0.3 is 0 Å². The van der Waals surface area contributed by atoms with E-state index in [0.29, 0.717) is 22.0 Å². The number of hydrogen-bond acceptors (Lipinski definition) is 4. The van der Waals surface area contributed by atoms with E-state index >= 15 is 0 Å². The number of rotatable bonds is 3. The fourth-order valence-corrected chi connectivity index (χ4v) is 2.85. The third-order valence-electron chi connectivity index (χ3n) is 2.68. The maximum absolute atomic E-state index is 12.3. The normalized spacial score (nSPS) is 10.3. The molecule has 1 heterocycles. The molecule has 1 amide bonds. The molecule has 1 aromatic carbocycles. The van der Waals surface area contributed by atoms with Crippen LogP contribution in [-0.4, -0.2) is 20.1 Å². The summed E-state index contributed by atoms with van der Waals surface area (Å²) in [5.41, 5.74) is 7.16. The van der Waals surface area contributed by atoms with Crippen LogP contribution in [0.2, 0.25) is 0 Å². The molecule has 2 rings (SSSR count). The van der Waals surface area contributed by atoms with E-state index in [2.05, 4.69) is 15.9 Å². The van der Waals surface area contributed by atoms with Gasteiger partial charge in [0.1, 0.15) is 5.75 Å². The molecule has 0 bridgehead atoms. The average molecular weight is 341 g/mol. The first-order chi connectivity index (χ1) is 9.02. The molecule has 0 saturated carbocycles. The van der Waals surface area contributed by atoms with Crippen LogP contribution >= 0.6 is 27.3 Å². The number of amides is 1. The first-order valence-electron chi connectivity index (χ1n) is 5.48. The molecule has 0 unspecified atom stereocenters. The van der Waals surface area contributed by atoms with Gasteiger partial charge in [0, 0.05) is 23.0 Å². The summed E-state index contributed by atoms with van der Waals surface area (Å²) in [4.78, 5) is 14.5. The van der Waals surface area contributed by atoms with E-state index in [1.54, 1.807) is 31.7 Å². The Morgan fingerprint density at radius 1 is 1.42 bits per heavy atom. The highest BCUT2D eigenvalue weighted by atomic mass is 79.9. The van der Waals surface area contributed by atoms with Crippen molar-refractivity contribution in [1.82, 2.24) is 0 Å². The second kappa shape index (κ2) is 5.63. The van der Waals surface area contributed by atoms with E-state index in [1.165, 1.54) is 16.2 Å². The molecule has 0 aliphatic heterocycles. The van der Waals surface area contributed by atoms with Crippen molar-refractivity contribution in [3.63, 3.8) is 0 Å². The van der Waals surface area contributed by atoms with Gasteiger partial charge in [-0.05, 0) is 18.2 Å². The Hall–Kier alpha value is -1.53. The zero-order valence-electron chi connectivity index (χ0n) is 10.5. The van der Waals surface area contributed by atoms with Crippen LogP contribution in [0.25, 0.3) is 0 Å². The number of carbonyl (C=O) groups excluding carboxylic acids is 1. The van der Waals surface area contributed by atoms with Gasteiger partial charge in [-0.2, -0.15) is 0 Å². The van der Waals surface area contributed by atoms with Gasteiger partial charge in [0.05, 0.1) is 23.4 Å². The van der Waals surface area contributed by atoms with Crippen molar-refractivity contribution >= 4 is 44.5 Å². The summed E-state index contributed by atoms with van der Waals surface area (Å²) >= 11 is 4.69. The number of anilines is 2. The molecular weight excluding hydrogens is 328 g/mol. The predicted octanol–water partition coefficient (Wildman–Crippen LogP) is 3.38. The standard InChI is InChI=1S/C13H13BrN2O2S/c1-16(11-4-3-8(14)5-10(11)15)13(17)12-6-9(18-2)7-19-12/h3-7H,15H2,1-2H3. The van der Waals surface area contributed by atoms with Crippen molar-refractivity contribution in [2.45, 2.75) is 0 Å². The van der Waals surface area contributed by atoms with Crippen LogP contribution in [0, 0.1) is 0 Å². The number of halogens is 1. The summed E-state index contributed by atoms with van der Waals surface area (Å²) in [6.07, 6.45) is 0. The molecule has 2 aromatic rings. The molecule has 0 aliphatic rings. The summed E-state index contributed by atoms with van der Waals surface area (Å²) in [5.74, 6) is 0.577. The van der Waals surface area contributed by atoms with E-state index < -0.39 is 0 Å². The lowest BCUT2D eigenvalue weighted by atomic mass is 10.2. The highest BCUT2D eigenvalue weighted by molar-refractivity contribution is 9.10. The quantitative estimate of drug-likeness (QED) is 0.871. The number of thiophene rings is 1. The maximum Gasteiger partial charge on any atom is 0.268 e. The minimum atomic E-state index is -0.109. The van der Waals surface area contributed by atoms with Gasteiger partial charge in [0.25, 0.3) is 5.91 Å². The number of carbonyl (C=O) groups is 1. The Morgan fingerprint density at radius 3 is 2.74 bits per heavy atom. The largest absolute Gasteiger partial charge is 0.496 e. The molecule has 6 heteroatoms. The van der Waals surface area contributed by atoms with E-state index in [9.17, 15) is 4.79 Å². The number of nitrogens with zero attached hydrogens (tertiary/aromatic N) is 1. The summed E-state index contributed by atoms with van der Waals surface area (Å²) in [6, 6.07) is 7.15. The predicted molar refractivity (Wildman–Crippen MR) is 82.2 cm³/mol. The molecule has 19 heavy (non-hydrogen) atoms. The second-order valence-electron chi connectivity index (χ2n) is 3.92. The van der Waals surface area contributed by atoms with Crippen molar-refractivity contribution in [3.05, 3.63) is 39.0 Å². The van der Waals surface area contributed by atoms with Crippen molar-refractivity contribution in [2.24, 2.45) is 0 Å². The molecule has 100 valence electrons. The maximum atomic E-state index is 12.3. The Balaban J connectivity index is 2.27. The zero-order valence-corrected chi connectivity index (χ0v) is 12.9. The lowest BCUT2D eigenvalue weighted by molar-refractivity contribution is 0.0996. The third-order valence-corrected chi connectivity index (χ3v) is 4.07. The highest BCUT2D eigenvalue weighted by Crippen LogP contribution is 2.29. The van der Waals surface area contributed by atoms with Crippen LogP contribution in [0.3, 0.4) is 0 Å². The van der Waals surface area contributed by atoms with E-state index in [1.807, 2.05) is 12.1 Å². The first-order valence-corrected chi connectivity index (χ1v) is 7.16. The van der Waals surface area contributed by atoms with E-state index in [4.69, 9.17) is 10.5 Å². The Morgan fingerprint density at radius 2 is 2.16 bits per heavy atom. The van der Waals surface area contributed by atoms with Gasteiger partial charge in [-0.1, -0.05) is 15.9 Å². The molecule has 0 fully saturated rings. The number of ether oxygens (including phenoxy) is 1. The van der Waals surface area contributed by atoms with Gasteiger partial charge in [-0.3, -0.25) is 4.79 Å². The van der Waals surface area contributed by atoms with Crippen LogP contribution in [-0.2, 0) is 0 Å². The molecule has 4 nitrogen and oxygen atoms in total. The minimum absolute atomic E-state index is 0.109. The average Bonchev–Trinajstić information content (AvgIpc) is 2.86. The molecule has 0 radical (unpaired) electrons. The number of methoxy groups -OCH3 is 1. The summed E-state index contributed by atoms with van der Waals surface area (Å²) in [5, 5.41) is 1.80. The van der Waals surface area contributed by atoms with Gasteiger partial charge < -0.3 is 15.4 Å². The molecule has 1 aromatic heterocycles. The van der Waals surface area contributed by atoms with Crippen LogP contribution in [0.15, 0.2) is 34.1 Å². The number of benzene rings is 1. The van der Waals surface area contributed by atoms with Crippen LogP contribution in [0.4, 0.5) is 11.4 Å². The fourth-order valence-electron chi connectivity index (χ4n) is 1.64. The Kier molecular flexibility index (Phi) is 4.11. The van der Waals surface area contributed by atoms with Gasteiger partial charge in [-0.15, -0.1) is 11.3 Å².